The average molecular weight is 540 g/mol. The lowest BCUT2D eigenvalue weighted by Crippen LogP contribution is -2.49. The van der Waals surface area contributed by atoms with Crippen LogP contribution in [-0.4, -0.2) is 54.6 Å². The molecule has 0 atom stereocenters. The fraction of sp³-hybridized carbons (Fsp3) is 0.370. The summed E-state index contributed by atoms with van der Waals surface area (Å²) in [5.74, 6) is 0.428. The number of hydrogen-bond acceptors (Lipinski definition) is 6. The molecule has 1 amide bonds. The Morgan fingerprint density at radius 1 is 1.16 bits per heavy atom. The number of halogens is 1. The van der Waals surface area contributed by atoms with Crippen molar-refractivity contribution in [1.29, 1.82) is 0 Å². The Kier molecular flexibility index (Phi) is 6.95. The maximum absolute atomic E-state index is 13.4. The zero-order valence-corrected chi connectivity index (χ0v) is 22.2. The van der Waals surface area contributed by atoms with E-state index in [1.807, 2.05) is 29.2 Å². The quantitative estimate of drug-likeness (QED) is 0.488. The van der Waals surface area contributed by atoms with Gasteiger partial charge in [0.2, 0.25) is 10.0 Å². The van der Waals surface area contributed by atoms with Crippen molar-refractivity contribution < 1.29 is 13.2 Å². The van der Waals surface area contributed by atoms with E-state index in [0.29, 0.717) is 47.2 Å². The van der Waals surface area contributed by atoms with Crippen molar-refractivity contribution in [3.63, 3.8) is 0 Å². The van der Waals surface area contributed by atoms with Crippen LogP contribution in [0, 0.1) is 0 Å². The summed E-state index contributed by atoms with van der Waals surface area (Å²) in [7, 11) is -3.40. The molecule has 194 valence electrons. The van der Waals surface area contributed by atoms with E-state index in [9.17, 15) is 13.2 Å². The molecule has 5 rings (SSSR count). The smallest absolute Gasteiger partial charge is 0.257 e. The Bertz CT molecular complexity index is 1440. The van der Waals surface area contributed by atoms with Crippen molar-refractivity contribution in [1.82, 2.24) is 14.9 Å². The number of nitrogens with two attached hydrogens (primary N) is 1. The first-order valence-corrected chi connectivity index (χ1v) is 14.7. The van der Waals surface area contributed by atoms with Crippen LogP contribution < -0.4 is 10.5 Å². The highest BCUT2D eigenvalue weighted by Crippen LogP contribution is 2.41. The SMILES string of the molecule is CS(=O)(=O)Nc1cccc(-c2ncc3c(n2)CCN([C@H]2CC[C@](CN)(c4cccc(Cl)c4)CC2)C3=O)c1. The van der Waals surface area contributed by atoms with E-state index in [-0.39, 0.29) is 17.4 Å². The van der Waals surface area contributed by atoms with Gasteiger partial charge in [0.25, 0.3) is 5.91 Å². The van der Waals surface area contributed by atoms with Gasteiger partial charge in [0.05, 0.1) is 17.5 Å². The fourth-order valence-electron chi connectivity index (χ4n) is 5.59. The predicted octanol–water partition coefficient (Wildman–Crippen LogP) is 4.01. The average Bonchev–Trinajstić information content (AvgIpc) is 2.88. The Morgan fingerprint density at radius 3 is 2.62 bits per heavy atom. The van der Waals surface area contributed by atoms with Crippen molar-refractivity contribution in [3.05, 3.63) is 76.6 Å². The number of carbonyl (C=O) groups excluding carboxylic acids is 1. The lowest BCUT2D eigenvalue weighted by molar-refractivity contribution is 0.0572. The van der Waals surface area contributed by atoms with Crippen LogP contribution in [0.15, 0.2) is 54.7 Å². The van der Waals surface area contributed by atoms with Crippen LogP contribution in [0.4, 0.5) is 5.69 Å². The molecule has 3 N–H and O–H groups in total. The van der Waals surface area contributed by atoms with E-state index in [4.69, 9.17) is 17.3 Å². The molecule has 1 saturated carbocycles. The topological polar surface area (TPSA) is 118 Å². The van der Waals surface area contributed by atoms with Gasteiger partial charge in [0, 0.05) is 53.4 Å². The minimum absolute atomic E-state index is 0.0340. The Morgan fingerprint density at radius 2 is 1.92 bits per heavy atom. The monoisotopic (exact) mass is 539 g/mol. The molecule has 2 heterocycles. The summed E-state index contributed by atoms with van der Waals surface area (Å²) in [5, 5.41) is 0.716. The van der Waals surface area contributed by atoms with Crippen LogP contribution in [0.25, 0.3) is 11.4 Å². The molecule has 1 aliphatic carbocycles. The molecule has 1 aromatic heterocycles. The van der Waals surface area contributed by atoms with Crippen LogP contribution in [0.5, 0.6) is 0 Å². The third kappa shape index (κ3) is 5.35. The first-order valence-electron chi connectivity index (χ1n) is 12.4. The molecule has 0 spiro atoms. The van der Waals surface area contributed by atoms with Crippen molar-refractivity contribution in [2.75, 3.05) is 24.1 Å². The molecule has 3 aromatic rings. The van der Waals surface area contributed by atoms with Crippen molar-refractivity contribution in [2.24, 2.45) is 5.73 Å². The highest BCUT2D eigenvalue weighted by atomic mass is 35.5. The number of sulfonamides is 1. The van der Waals surface area contributed by atoms with E-state index in [1.165, 1.54) is 5.56 Å². The summed E-state index contributed by atoms with van der Waals surface area (Å²) in [4.78, 5) is 24.5. The third-order valence-corrected chi connectivity index (χ3v) is 8.39. The number of amides is 1. The zero-order valence-electron chi connectivity index (χ0n) is 20.7. The molecule has 37 heavy (non-hydrogen) atoms. The van der Waals surface area contributed by atoms with Gasteiger partial charge in [-0.2, -0.15) is 0 Å². The maximum Gasteiger partial charge on any atom is 0.257 e. The molecule has 8 nitrogen and oxygen atoms in total. The van der Waals surface area contributed by atoms with E-state index in [0.717, 1.165) is 37.6 Å². The zero-order chi connectivity index (χ0) is 26.2. The van der Waals surface area contributed by atoms with Gasteiger partial charge in [0.1, 0.15) is 0 Å². The summed E-state index contributed by atoms with van der Waals surface area (Å²) in [6.07, 6.45) is 6.91. The largest absolute Gasteiger partial charge is 0.335 e. The number of nitrogens with zero attached hydrogens (tertiary/aromatic N) is 3. The number of rotatable bonds is 6. The van der Waals surface area contributed by atoms with Gasteiger partial charge in [-0.3, -0.25) is 9.52 Å². The van der Waals surface area contributed by atoms with Crippen LogP contribution >= 0.6 is 11.6 Å². The summed E-state index contributed by atoms with van der Waals surface area (Å²) >= 11 is 6.25. The van der Waals surface area contributed by atoms with Gasteiger partial charge in [-0.25, -0.2) is 18.4 Å². The van der Waals surface area contributed by atoms with Gasteiger partial charge < -0.3 is 10.6 Å². The summed E-state index contributed by atoms with van der Waals surface area (Å²) in [6.45, 7) is 1.16. The highest BCUT2D eigenvalue weighted by Gasteiger charge is 2.40. The number of aromatic nitrogens is 2. The van der Waals surface area contributed by atoms with Gasteiger partial charge in [-0.15, -0.1) is 0 Å². The maximum atomic E-state index is 13.4. The third-order valence-electron chi connectivity index (χ3n) is 7.55. The van der Waals surface area contributed by atoms with Gasteiger partial charge >= 0.3 is 0 Å². The molecule has 1 fully saturated rings. The fourth-order valence-corrected chi connectivity index (χ4v) is 6.33. The molecule has 0 radical (unpaired) electrons. The molecule has 0 bridgehead atoms. The second-order valence-corrected chi connectivity index (χ2v) is 12.2. The van der Waals surface area contributed by atoms with Gasteiger partial charge in [0.15, 0.2) is 5.82 Å². The molecule has 2 aliphatic rings. The van der Waals surface area contributed by atoms with E-state index < -0.39 is 10.0 Å². The molecule has 10 heteroatoms. The summed E-state index contributed by atoms with van der Waals surface area (Å²) < 4.78 is 25.6. The normalized spacial score (nSPS) is 22.0. The van der Waals surface area contributed by atoms with Crippen LogP contribution in [-0.2, 0) is 21.9 Å². The van der Waals surface area contributed by atoms with Gasteiger partial charge in [-0.1, -0.05) is 35.9 Å². The molecule has 2 aromatic carbocycles. The van der Waals surface area contributed by atoms with Crippen LogP contribution in [0.2, 0.25) is 5.02 Å². The minimum atomic E-state index is -3.40. The van der Waals surface area contributed by atoms with Crippen molar-refractivity contribution in [2.45, 2.75) is 43.6 Å². The second-order valence-electron chi connectivity index (χ2n) is 9.98. The predicted molar refractivity (Wildman–Crippen MR) is 145 cm³/mol. The van der Waals surface area contributed by atoms with E-state index in [1.54, 1.807) is 24.4 Å². The van der Waals surface area contributed by atoms with Crippen LogP contribution in [0.3, 0.4) is 0 Å². The number of benzene rings is 2. The van der Waals surface area contributed by atoms with E-state index in [2.05, 4.69) is 20.8 Å². The summed E-state index contributed by atoms with van der Waals surface area (Å²) in [6, 6.07) is 15.0. The number of hydrogen-bond donors (Lipinski definition) is 2. The Balaban J connectivity index is 1.31. The number of carbonyl (C=O) groups is 1. The Labute approximate surface area is 222 Å². The highest BCUT2D eigenvalue weighted by molar-refractivity contribution is 7.92. The standard InChI is InChI=1S/C27H30ClN5O3S/c1-37(35,36)32-21-7-2-4-18(14-21)25-30-16-23-24(31-25)10-13-33(26(23)34)22-8-11-27(17-29,12-9-22)19-5-3-6-20(28)15-19/h2-7,14-16,22,32H,8-13,17,29H2,1H3/t22-,27-. The second kappa shape index (κ2) is 10.0. The van der Waals surface area contributed by atoms with Crippen molar-refractivity contribution in [3.8, 4) is 11.4 Å². The van der Waals surface area contributed by atoms with E-state index >= 15 is 0 Å². The first kappa shape index (κ1) is 25.6. The molecule has 1 aliphatic heterocycles. The lowest BCUT2D eigenvalue weighted by atomic mass is 9.68. The van der Waals surface area contributed by atoms with Crippen LogP contribution in [0.1, 0.15) is 47.3 Å². The van der Waals surface area contributed by atoms with Gasteiger partial charge in [-0.05, 0) is 55.5 Å². The lowest BCUT2D eigenvalue weighted by Gasteiger charge is -2.44. The molecular weight excluding hydrogens is 510 g/mol. The summed E-state index contributed by atoms with van der Waals surface area (Å²) in [5.41, 5.74) is 9.69. The molecule has 0 unspecified atom stereocenters. The molecular formula is C27H30ClN5O3S. The van der Waals surface area contributed by atoms with Crippen molar-refractivity contribution >= 4 is 33.2 Å². The number of anilines is 1. The first-order chi connectivity index (χ1) is 17.7. The molecule has 0 saturated heterocycles. The Hall–Kier alpha value is -3.01. The number of fused-ring (bicyclic) bond motifs is 1. The minimum Gasteiger partial charge on any atom is -0.335 e. The number of nitrogens with one attached hydrogen (secondary N) is 1.